The Bertz CT molecular complexity index is 1650. The number of hydrogen-bond acceptors (Lipinski definition) is 9. The normalized spacial score (nSPS) is 15.8. The number of aliphatic hydroxyl groups is 1. The van der Waals surface area contributed by atoms with Crippen molar-refractivity contribution in [3.63, 3.8) is 0 Å². The number of aliphatic hydroxyl groups excluding tert-OH is 1. The second-order valence-electron chi connectivity index (χ2n) is 11.1. The van der Waals surface area contributed by atoms with Crippen LogP contribution < -0.4 is 14.4 Å². The molecule has 8 nitrogen and oxygen atoms in total. The Hall–Kier alpha value is -4.15. The molecule has 0 aliphatic carbocycles. The minimum atomic E-state index is -0.905. The molecule has 1 saturated heterocycles. The van der Waals surface area contributed by atoms with E-state index >= 15 is 0 Å². The summed E-state index contributed by atoms with van der Waals surface area (Å²) >= 11 is 2.76. The number of aromatic nitrogens is 2. The molecule has 1 aromatic heterocycles. The number of nitrogens with zero attached hydrogens (tertiary/aromatic N) is 3. The topological polar surface area (TPSA) is 102 Å². The lowest BCUT2D eigenvalue weighted by molar-refractivity contribution is -0.132. The first-order valence-electron chi connectivity index (χ1n) is 15.7. The van der Waals surface area contributed by atoms with Crippen LogP contribution in [0.25, 0.3) is 5.76 Å². The SMILES string of the molecule is CCCCCOc1ccc([C@@H]2C(=C(O)c3ccc(OCCCC)cc3)C(=O)C(=O)N2c2nnc(SCc3ccc(C)cc3)s2)cc1. The Morgan fingerprint density at radius 2 is 1.48 bits per heavy atom. The third kappa shape index (κ3) is 7.97. The molecule has 0 unspecified atom stereocenters. The summed E-state index contributed by atoms with van der Waals surface area (Å²) in [5, 5.41) is 20.5. The van der Waals surface area contributed by atoms with E-state index in [1.54, 1.807) is 24.3 Å². The number of benzene rings is 3. The van der Waals surface area contributed by atoms with Gasteiger partial charge in [0.1, 0.15) is 17.3 Å². The van der Waals surface area contributed by atoms with Gasteiger partial charge in [-0.05, 0) is 67.3 Å². The molecule has 1 fully saturated rings. The lowest BCUT2D eigenvalue weighted by Gasteiger charge is -2.22. The zero-order valence-electron chi connectivity index (χ0n) is 26.4. The van der Waals surface area contributed by atoms with Gasteiger partial charge < -0.3 is 14.6 Å². The van der Waals surface area contributed by atoms with E-state index in [0.717, 1.165) is 37.7 Å². The molecular formula is C36H39N3O5S2. The number of thioether (sulfide) groups is 1. The summed E-state index contributed by atoms with van der Waals surface area (Å²) in [7, 11) is 0. The molecule has 0 radical (unpaired) electrons. The van der Waals surface area contributed by atoms with Crippen LogP contribution in [0.4, 0.5) is 5.13 Å². The molecule has 4 aromatic rings. The molecule has 10 heteroatoms. The van der Waals surface area contributed by atoms with Gasteiger partial charge in [0.2, 0.25) is 5.13 Å². The summed E-state index contributed by atoms with van der Waals surface area (Å²) in [5.41, 5.74) is 3.38. The van der Waals surface area contributed by atoms with Crippen LogP contribution >= 0.6 is 23.1 Å². The molecule has 5 rings (SSSR count). The van der Waals surface area contributed by atoms with Gasteiger partial charge in [0.05, 0.1) is 24.8 Å². The van der Waals surface area contributed by atoms with Crippen molar-refractivity contribution in [2.75, 3.05) is 18.1 Å². The van der Waals surface area contributed by atoms with E-state index in [0.29, 0.717) is 45.9 Å². The second-order valence-corrected chi connectivity index (χ2v) is 13.3. The van der Waals surface area contributed by atoms with Crippen molar-refractivity contribution in [3.05, 3.63) is 101 Å². The average molecular weight is 658 g/mol. The molecule has 240 valence electrons. The van der Waals surface area contributed by atoms with Crippen LogP contribution in [0, 0.1) is 6.92 Å². The van der Waals surface area contributed by atoms with Crippen LogP contribution in [0.3, 0.4) is 0 Å². The van der Waals surface area contributed by atoms with Gasteiger partial charge in [0, 0.05) is 11.3 Å². The number of carbonyl (C=O) groups is 2. The third-order valence-corrected chi connectivity index (χ3v) is 9.76. The molecule has 1 aliphatic heterocycles. The predicted molar refractivity (Wildman–Crippen MR) is 184 cm³/mol. The van der Waals surface area contributed by atoms with Gasteiger partial charge in [-0.1, -0.05) is 98.2 Å². The highest BCUT2D eigenvalue weighted by atomic mass is 32.2. The van der Waals surface area contributed by atoms with Crippen LogP contribution in [0.15, 0.2) is 82.7 Å². The third-order valence-electron chi connectivity index (χ3n) is 7.64. The Morgan fingerprint density at radius 1 is 0.848 bits per heavy atom. The Morgan fingerprint density at radius 3 is 2.13 bits per heavy atom. The monoisotopic (exact) mass is 657 g/mol. The maximum Gasteiger partial charge on any atom is 0.301 e. The van der Waals surface area contributed by atoms with E-state index in [1.807, 2.05) is 31.2 Å². The minimum absolute atomic E-state index is 0.00896. The maximum atomic E-state index is 13.6. The molecule has 1 N–H and O–H groups in total. The summed E-state index contributed by atoms with van der Waals surface area (Å²) < 4.78 is 12.3. The number of amides is 1. The zero-order chi connectivity index (χ0) is 32.5. The number of unbranched alkanes of at least 4 members (excludes halogenated alkanes) is 3. The molecule has 1 aliphatic rings. The number of rotatable bonds is 15. The predicted octanol–water partition coefficient (Wildman–Crippen LogP) is 8.51. The summed E-state index contributed by atoms with van der Waals surface area (Å²) in [6.07, 6.45) is 5.11. The van der Waals surface area contributed by atoms with Gasteiger partial charge in [-0.25, -0.2) is 0 Å². The Balaban J connectivity index is 1.46. The maximum absolute atomic E-state index is 13.6. The first-order chi connectivity index (χ1) is 22.4. The Labute approximate surface area is 278 Å². The van der Waals surface area contributed by atoms with Crippen LogP contribution in [0.5, 0.6) is 11.5 Å². The minimum Gasteiger partial charge on any atom is -0.507 e. The van der Waals surface area contributed by atoms with Crippen LogP contribution in [-0.4, -0.2) is 40.2 Å². The fourth-order valence-electron chi connectivity index (χ4n) is 5.02. The lowest BCUT2D eigenvalue weighted by Crippen LogP contribution is -2.29. The first-order valence-corrected chi connectivity index (χ1v) is 17.5. The largest absolute Gasteiger partial charge is 0.507 e. The molecule has 1 amide bonds. The van der Waals surface area contributed by atoms with Crippen molar-refractivity contribution in [1.29, 1.82) is 0 Å². The molecule has 3 aromatic carbocycles. The molecule has 0 spiro atoms. The Kier molecular flexibility index (Phi) is 11.5. The quantitative estimate of drug-likeness (QED) is 0.0339. The average Bonchev–Trinajstić information content (AvgIpc) is 3.65. The first kappa shape index (κ1) is 33.2. The second kappa shape index (κ2) is 15.9. The van der Waals surface area contributed by atoms with Gasteiger partial charge in [-0.15, -0.1) is 10.2 Å². The van der Waals surface area contributed by atoms with Crippen molar-refractivity contribution in [3.8, 4) is 11.5 Å². The summed E-state index contributed by atoms with van der Waals surface area (Å²) in [4.78, 5) is 28.6. The van der Waals surface area contributed by atoms with Gasteiger partial charge in [-0.2, -0.15) is 0 Å². The fourth-order valence-corrected chi connectivity index (χ4v) is 6.84. The summed E-state index contributed by atoms with van der Waals surface area (Å²) in [6, 6.07) is 21.6. The van der Waals surface area contributed by atoms with E-state index in [2.05, 4.69) is 48.3 Å². The van der Waals surface area contributed by atoms with Crippen molar-refractivity contribution in [1.82, 2.24) is 10.2 Å². The van der Waals surface area contributed by atoms with Gasteiger partial charge in [0.15, 0.2) is 4.34 Å². The van der Waals surface area contributed by atoms with Gasteiger partial charge in [-0.3, -0.25) is 14.5 Å². The number of carbonyl (C=O) groups excluding carboxylic acids is 2. The van der Waals surface area contributed by atoms with E-state index in [4.69, 9.17) is 9.47 Å². The van der Waals surface area contributed by atoms with E-state index in [-0.39, 0.29) is 16.5 Å². The standard InChI is InChI=1S/C36H39N3O5S2/c1-4-6-8-22-44-28-17-13-26(14-18-28)31-30(32(40)27-15-19-29(20-16-27)43-21-7-5-2)33(41)34(42)39(31)35-37-38-36(46-35)45-23-25-11-9-24(3)10-12-25/h9-20,31,40H,4-8,21-23H2,1-3H3/t31-/m1/s1. The van der Waals surface area contributed by atoms with Crippen molar-refractivity contribution < 1.29 is 24.2 Å². The fraction of sp³-hybridized carbons (Fsp3) is 0.333. The van der Waals surface area contributed by atoms with E-state index in [1.165, 1.54) is 33.6 Å². The molecule has 0 saturated carbocycles. The van der Waals surface area contributed by atoms with Crippen LogP contribution in [0.2, 0.25) is 0 Å². The van der Waals surface area contributed by atoms with E-state index < -0.39 is 17.7 Å². The molecule has 0 bridgehead atoms. The highest BCUT2D eigenvalue weighted by Crippen LogP contribution is 2.44. The summed E-state index contributed by atoms with van der Waals surface area (Å²) in [6.45, 7) is 7.49. The van der Waals surface area contributed by atoms with Gasteiger partial charge in [0.25, 0.3) is 5.78 Å². The highest BCUT2D eigenvalue weighted by molar-refractivity contribution is 8.00. The van der Waals surface area contributed by atoms with E-state index in [9.17, 15) is 14.7 Å². The van der Waals surface area contributed by atoms with Gasteiger partial charge >= 0.3 is 5.91 Å². The smallest absolute Gasteiger partial charge is 0.301 e. The number of ketones is 1. The number of hydrogen-bond donors (Lipinski definition) is 1. The van der Waals surface area contributed by atoms with Crippen LogP contribution in [0.1, 0.15) is 74.2 Å². The lowest BCUT2D eigenvalue weighted by atomic mass is 9.95. The number of Topliss-reactive ketones (excluding diaryl/α,β-unsaturated/α-hetero) is 1. The van der Waals surface area contributed by atoms with Crippen molar-refractivity contribution in [2.24, 2.45) is 0 Å². The number of anilines is 1. The van der Waals surface area contributed by atoms with Crippen molar-refractivity contribution >= 4 is 45.7 Å². The number of ether oxygens (including phenoxy) is 2. The molecule has 2 heterocycles. The number of aryl methyl sites for hydroxylation is 1. The molecule has 1 atom stereocenters. The highest BCUT2D eigenvalue weighted by Gasteiger charge is 2.48. The summed E-state index contributed by atoms with van der Waals surface area (Å²) in [5.74, 6) is 0.244. The molecular weight excluding hydrogens is 619 g/mol. The molecule has 46 heavy (non-hydrogen) atoms. The zero-order valence-corrected chi connectivity index (χ0v) is 28.0. The van der Waals surface area contributed by atoms with Crippen LogP contribution in [-0.2, 0) is 15.3 Å². The van der Waals surface area contributed by atoms with Crippen molar-refractivity contribution in [2.45, 2.75) is 69.0 Å².